The molecule has 0 saturated carbocycles. The summed E-state index contributed by atoms with van der Waals surface area (Å²) in [6.07, 6.45) is 4.71. The Morgan fingerprint density at radius 2 is 1.75 bits per heavy atom. The van der Waals surface area contributed by atoms with Gasteiger partial charge in [0, 0.05) is 86.7 Å². The molecule has 208 valence electrons. The predicted octanol–water partition coefficient (Wildman–Crippen LogP) is 6.18. The molecule has 2 aliphatic heterocycles. The fourth-order valence-corrected chi connectivity index (χ4v) is 5.29. The van der Waals surface area contributed by atoms with Crippen LogP contribution in [0.2, 0.25) is 0 Å². The number of likely N-dealkylation sites (tertiary alicyclic amines) is 1. The van der Waals surface area contributed by atoms with Gasteiger partial charge in [-0.1, -0.05) is 12.6 Å². The van der Waals surface area contributed by atoms with Gasteiger partial charge in [-0.2, -0.15) is 5.10 Å². The van der Waals surface area contributed by atoms with Crippen molar-refractivity contribution in [3.8, 4) is 11.1 Å². The number of anilines is 2. The fourth-order valence-electron chi connectivity index (χ4n) is 5.29. The van der Waals surface area contributed by atoms with Crippen LogP contribution < -0.4 is 10.2 Å². The number of nitrogens with zero attached hydrogens (tertiary/aromatic N) is 5. The van der Waals surface area contributed by atoms with Gasteiger partial charge in [-0.05, 0) is 35.4 Å². The number of halogens is 4. The van der Waals surface area contributed by atoms with Crippen LogP contribution in [0, 0.1) is 0 Å². The molecule has 2 saturated heterocycles. The van der Waals surface area contributed by atoms with Crippen molar-refractivity contribution < 1.29 is 17.6 Å². The highest BCUT2D eigenvalue weighted by Crippen LogP contribution is 2.33. The lowest BCUT2D eigenvalue weighted by Crippen LogP contribution is -2.38. The van der Waals surface area contributed by atoms with Crippen molar-refractivity contribution in [3.05, 3.63) is 72.8 Å². The zero-order valence-electron chi connectivity index (χ0n) is 21.8. The summed E-state index contributed by atoms with van der Waals surface area (Å²) in [6, 6.07) is 11.4. The van der Waals surface area contributed by atoms with E-state index in [9.17, 15) is 17.6 Å². The van der Waals surface area contributed by atoms with Crippen molar-refractivity contribution in [1.82, 2.24) is 25.1 Å². The Hall–Kier alpha value is -3.99. The molecular weight excluding hydrogens is 522 g/mol. The molecule has 11 heteroatoms. The maximum Gasteiger partial charge on any atom is 0.266 e. The average molecular weight is 552 g/mol. The summed E-state index contributed by atoms with van der Waals surface area (Å²) in [5, 5.41) is 11.6. The predicted molar refractivity (Wildman–Crippen MR) is 147 cm³/mol. The molecule has 0 bridgehead atoms. The van der Waals surface area contributed by atoms with Gasteiger partial charge in [-0.25, -0.2) is 22.5 Å². The van der Waals surface area contributed by atoms with Crippen LogP contribution in [0.3, 0.4) is 0 Å². The van der Waals surface area contributed by atoms with E-state index in [1.165, 1.54) is 0 Å². The molecular formula is C29H29F4N7. The van der Waals surface area contributed by atoms with E-state index < -0.39 is 11.8 Å². The van der Waals surface area contributed by atoms with Gasteiger partial charge in [-0.3, -0.25) is 15.0 Å². The van der Waals surface area contributed by atoms with Crippen LogP contribution in [0.15, 0.2) is 61.6 Å². The number of alkyl halides is 4. The van der Waals surface area contributed by atoms with Crippen LogP contribution in [-0.2, 0) is 6.54 Å². The summed E-state index contributed by atoms with van der Waals surface area (Å²) in [4.78, 5) is 12.3. The lowest BCUT2D eigenvalue weighted by molar-refractivity contribution is -0.0566. The topological polar surface area (TPSA) is 73.0 Å². The van der Waals surface area contributed by atoms with Crippen molar-refractivity contribution in [1.29, 1.82) is 0 Å². The second-order valence-electron chi connectivity index (χ2n) is 10.6. The van der Waals surface area contributed by atoms with Crippen LogP contribution in [0.1, 0.15) is 30.5 Å². The summed E-state index contributed by atoms with van der Waals surface area (Å²) in [7, 11) is 0. The molecule has 1 aromatic carbocycles. The zero-order chi connectivity index (χ0) is 27.9. The van der Waals surface area contributed by atoms with Crippen molar-refractivity contribution in [2.75, 3.05) is 36.4 Å². The van der Waals surface area contributed by atoms with E-state index >= 15 is 0 Å². The van der Waals surface area contributed by atoms with Crippen molar-refractivity contribution in [2.45, 2.75) is 37.7 Å². The number of rotatable bonds is 7. The molecule has 2 N–H and O–H groups in total. The third kappa shape index (κ3) is 5.65. The maximum absolute atomic E-state index is 13.7. The highest BCUT2D eigenvalue weighted by atomic mass is 19.3. The summed E-state index contributed by atoms with van der Waals surface area (Å²) in [5.41, 5.74) is 5.48. The molecule has 0 radical (unpaired) electrons. The molecule has 40 heavy (non-hydrogen) atoms. The first kappa shape index (κ1) is 26.2. The summed E-state index contributed by atoms with van der Waals surface area (Å²) in [6.45, 7) is 5.36. The first-order chi connectivity index (χ1) is 19.1. The molecule has 2 aliphatic rings. The number of piperidine rings is 1. The minimum Gasteiger partial charge on any atom is -0.354 e. The minimum atomic E-state index is -2.71. The minimum absolute atomic E-state index is 0.118. The standard InChI is InChI=1S/C29H29F4N7/c1-19(36-23-4-8-35-26(14-23)40-11-7-29(32,33)18-40)27-24-13-21(2-3-25(24)37-38-27)22-12-20(15-34-16-22)17-39-9-5-28(30,31)6-10-39/h2-4,8,12-16H,1,5-7,9-11,17-18H2,(H,35,36)(H,37,38). The molecule has 3 aromatic heterocycles. The quantitative estimate of drug-likeness (QED) is 0.267. The lowest BCUT2D eigenvalue weighted by Gasteiger charge is -2.31. The van der Waals surface area contributed by atoms with Gasteiger partial charge in [0.1, 0.15) is 11.5 Å². The maximum atomic E-state index is 13.7. The molecule has 0 aliphatic carbocycles. The van der Waals surface area contributed by atoms with Gasteiger partial charge in [-0.15, -0.1) is 0 Å². The van der Waals surface area contributed by atoms with E-state index in [0.717, 1.165) is 27.6 Å². The smallest absolute Gasteiger partial charge is 0.266 e. The average Bonchev–Trinajstić information content (AvgIpc) is 3.53. The monoisotopic (exact) mass is 551 g/mol. The lowest BCUT2D eigenvalue weighted by atomic mass is 10.0. The van der Waals surface area contributed by atoms with E-state index in [1.54, 1.807) is 35.6 Å². The van der Waals surface area contributed by atoms with Crippen molar-refractivity contribution in [2.24, 2.45) is 0 Å². The highest BCUT2D eigenvalue weighted by Gasteiger charge is 2.38. The van der Waals surface area contributed by atoms with Gasteiger partial charge >= 0.3 is 0 Å². The first-order valence-electron chi connectivity index (χ1n) is 13.2. The number of pyridine rings is 2. The number of nitrogens with one attached hydrogen (secondary N) is 2. The van der Waals surface area contributed by atoms with Gasteiger partial charge < -0.3 is 10.2 Å². The third-order valence-electron chi connectivity index (χ3n) is 7.51. The Balaban J connectivity index is 1.19. The number of fused-ring (bicyclic) bond motifs is 1. The van der Waals surface area contributed by atoms with E-state index in [4.69, 9.17) is 0 Å². The number of hydrogen-bond donors (Lipinski definition) is 2. The SMILES string of the molecule is C=C(Nc1ccnc(N2CCC(F)(F)C2)c1)c1n[nH]c2ccc(-c3cncc(CN4CCC(F)(F)CC4)c3)cc12. The number of aromatic amines is 1. The van der Waals surface area contributed by atoms with Crippen molar-refractivity contribution >= 4 is 28.1 Å². The van der Waals surface area contributed by atoms with Crippen LogP contribution in [0.25, 0.3) is 27.7 Å². The Bertz CT molecular complexity index is 1540. The normalized spacial score (nSPS) is 18.8. The second-order valence-corrected chi connectivity index (χ2v) is 10.6. The fraction of sp³-hybridized carbons (Fsp3) is 0.345. The molecule has 6 rings (SSSR count). The van der Waals surface area contributed by atoms with Gasteiger partial charge in [0.15, 0.2) is 0 Å². The largest absolute Gasteiger partial charge is 0.354 e. The van der Waals surface area contributed by atoms with Gasteiger partial charge in [0.2, 0.25) is 0 Å². The van der Waals surface area contributed by atoms with Crippen molar-refractivity contribution in [3.63, 3.8) is 0 Å². The molecule has 7 nitrogen and oxygen atoms in total. The molecule has 5 heterocycles. The van der Waals surface area contributed by atoms with E-state index in [2.05, 4.69) is 32.1 Å². The number of benzene rings is 1. The number of H-pyrrole nitrogens is 1. The van der Waals surface area contributed by atoms with E-state index in [0.29, 0.717) is 42.5 Å². The highest BCUT2D eigenvalue weighted by molar-refractivity contribution is 5.95. The van der Waals surface area contributed by atoms with Gasteiger partial charge in [0.25, 0.3) is 11.8 Å². The van der Waals surface area contributed by atoms with Crippen LogP contribution in [0.4, 0.5) is 29.1 Å². The number of hydrogen-bond acceptors (Lipinski definition) is 6. The summed E-state index contributed by atoms with van der Waals surface area (Å²) >= 11 is 0. The Kier molecular flexibility index (Phi) is 6.69. The Labute approximate surface area is 228 Å². The molecule has 0 spiro atoms. The van der Waals surface area contributed by atoms with Crippen LogP contribution in [0.5, 0.6) is 0 Å². The summed E-state index contributed by atoms with van der Waals surface area (Å²) < 4.78 is 54.5. The second kappa shape index (κ2) is 10.2. The molecule has 0 atom stereocenters. The molecule has 2 fully saturated rings. The first-order valence-corrected chi connectivity index (χ1v) is 13.2. The molecule has 0 unspecified atom stereocenters. The van der Waals surface area contributed by atoms with Crippen LogP contribution in [-0.4, -0.2) is 63.1 Å². The Morgan fingerprint density at radius 1 is 0.950 bits per heavy atom. The Morgan fingerprint density at radius 3 is 2.52 bits per heavy atom. The molecule has 4 aromatic rings. The zero-order valence-corrected chi connectivity index (χ0v) is 21.8. The molecule has 0 amide bonds. The number of aromatic nitrogens is 4. The summed E-state index contributed by atoms with van der Waals surface area (Å²) in [5.74, 6) is -4.80. The van der Waals surface area contributed by atoms with Crippen LogP contribution >= 0.6 is 0 Å². The van der Waals surface area contributed by atoms with E-state index in [1.807, 2.05) is 29.2 Å². The van der Waals surface area contributed by atoms with Gasteiger partial charge in [0.05, 0.1) is 17.8 Å². The third-order valence-corrected chi connectivity index (χ3v) is 7.51. The van der Waals surface area contributed by atoms with E-state index in [-0.39, 0.29) is 32.4 Å².